The summed E-state index contributed by atoms with van der Waals surface area (Å²) in [5, 5.41) is 11.2. The average Bonchev–Trinajstić information content (AvgIpc) is 2.37. The van der Waals surface area contributed by atoms with Crippen molar-refractivity contribution in [1.29, 1.82) is 0 Å². The van der Waals surface area contributed by atoms with Gasteiger partial charge in [-0.25, -0.2) is 13.1 Å². The molecule has 0 aliphatic rings. The minimum absolute atomic E-state index is 0.0300. The number of sulfonamides is 1. The van der Waals surface area contributed by atoms with Crippen LogP contribution in [0.15, 0.2) is 15.4 Å². The predicted molar refractivity (Wildman–Crippen MR) is 85.5 cm³/mol. The van der Waals surface area contributed by atoms with Gasteiger partial charge >= 0.3 is 5.69 Å². The quantitative estimate of drug-likeness (QED) is 0.557. The van der Waals surface area contributed by atoms with E-state index >= 15 is 0 Å². The molecule has 10 heteroatoms. The number of methoxy groups -OCH3 is 1. The van der Waals surface area contributed by atoms with Crippen LogP contribution in [-0.4, -0.2) is 32.5 Å². The lowest BCUT2D eigenvalue weighted by atomic mass is 10.1. The van der Waals surface area contributed by atoms with Crippen LogP contribution in [0, 0.1) is 17.0 Å². The lowest BCUT2D eigenvalue weighted by molar-refractivity contribution is -0.386. The lowest BCUT2D eigenvalue weighted by Gasteiger charge is -2.20. The molecule has 0 bridgehead atoms. The van der Waals surface area contributed by atoms with Crippen LogP contribution >= 0.6 is 15.9 Å². The molecule has 3 N–H and O–H groups in total. The van der Waals surface area contributed by atoms with Crippen molar-refractivity contribution in [1.82, 2.24) is 4.72 Å². The van der Waals surface area contributed by atoms with E-state index in [1.165, 1.54) is 20.1 Å². The predicted octanol–water partition coefficient (Wildman–Crippen LogP) is 1.69. The molecule has 0 saturated heterocycles. The summed E-state index contributed by atoms with van der Waals surface area (Å²) in [6, 6.07) is 1.27. The third-order valence-electron chi connectivity index (χ3n) is 2.80. The van der Waals surface area contributed by atoms with Crippen LogP contribution in [0.25, 0.3) is 0 Å². The van der Waals surface area contributed by atoms with Crippen LogP contribution in [0.5, 0.6) is 5.75 Å². The van der Waals surface area contributed by atoms with Gasteiger partial charge in [0, 0.05) is 22.1 Å². The van der Waals surface area contributed by atoms with Gasteiger partial charge in [0.25, 0.3) is 0 Å². The Morgan fingerprint density at radius 1 is 1.50 bits per heavy atom. The number of nitrogens with zero attached hydrogens (tertiary/aromatic N) is 1. The fourth-order valence-electron chi connectivity index (χ4n) is 1.66. The number of nitrogens with two attached hydrogens (primary N) is 1. The number of benzene rings is 1. The van der Waals surface area contributed by atoms with E-state index in [0.29, 0.717) is 4.47 Å². The summed E-state index contributed by atoms with van der Waals surface area (Å²) >= 11 is 3.13. The Morgan fingerprint density at radius 2 is 2.05 bits per heavy atom. The van der Waals surface area contributed by atoms with Gasteiger partial charge < -0.3 is 10.5 Å². The van der Waals surface area contributed by atoms with Crippen molar-refractivity contribution in [2.75, 3.05) is 13.7 Å². The van der Waals surface area contributed by atoms with Crippen molar-refractivity contribution in [3.05, 3.63) is 26.2 Å². The number of nitrogens with one attached hydrogen (secondary N) is 1. The smallest absolute Gasteiger partial charge is 0.316 e. The van der Waals surface area contributed by atoms with Gasteiger partial charge in [-0.2, -0.15) is 0 Å². The summed E-state index contributed by atoms with van der Waals surface area (Å²) in [4.78, 5) is 10.2. The number of rotatable bonds is 6. The topological polar surface area (TPSA) is 125 Å². The van der Waals surface area contributed by atoms with Gasteiger partial charge in [-0.3, -0.25) is 10.1 Å². The second kappa shape index (κ2) is 6.49. The van der Waals surface area contributed by atoms with E-state index in [0.717, 1.165) is 0 Å². The van der Waals surface area contributed by atoms with E-state index in [1.807, 2.05) is 0 Å². The molecule has 0 aliphatic carbocycles. The number of halogens is 1. The summed E-state index contributed by atoms with van der Waals surface area (Å²) in [5.74, 6) is -0.312. The Hall–Kier alpha value is -1.23. The third-order valence-corrected chi connectivity index (χ3v) is 5.03. The normalized spacial score (nSPS) is 12.3. The van der Waals surface area contributed by atoms with Crippen molar-refractivity contribution >= 4 is 31.6 Å². The van der Waals surface area contributed by atoms with Crippen molar-refractivity contribution in [2.45, 2.75) is 31.2 Å². The second-order valence-electron chi connectivity index (χ2n) is 5.43. The summed E-state index contributed by atoms with van der Waals surface area (Å²) in [6.45, 7) is 4.77. The SMILES string of the molecule is COc1c(S(=O)(=O)NCC(C)(C)N)cc(Br)c(C)c1[N+](=O)[O-]. The molecule has 0 aromatic heterocycles. The maximum absolute atomic E-state index is 12.4. The van der Waals surface area contributed by atoms with E-state index in [-0.39, 0.29) is 22.8 Å². The van der Waals surface area contributed by atoms with Crippen molar-refractivity contribution in [3.63, 3.8) is 0 Å². The molecule has 0 spiro atoms. The molecular formula is C12H18BrN3O5S. The van der Waals surface area contributed by atoms with Gasteiger partial charge in [0.2, 0.25) is 15.8 Å². The van der Waals surface area contributed by atoms with Gasteiger partial charge in [-0.1, -0.05) is 15.9 Å². The van der Waals surface area contributed by atoms with E-state index in [1.54, 1.807) is 13.8 Å². The van der Waals surface area contributed by atoms with Gasteiger partial charge in [0.05, 0.1) is 12.0 Å². The first kappa shape index (κ1) is 18.8. The molecule has 0 saturated carbocycles. The summed E-state index contributed by atoms with van der Waals surface area (Å²) in [7, 11) is -2.84. The maximum atomic E-state index is 12.4. The van der Waals surface area contributed by atoms with Gasteiger partial charge in [0.15, 0.2) is 0 Å². The summed E-state index contributed by atoms with van der Waals surface area (Å²) in [5.41, 5.74) is 4.86. The molecule has 0 amide bonds. The molecule has 0 heterocycles. The first-order valence-corrected chi connectivity index (χ1v) is 8.48. The van der Waals surface area contributed by atoms with Gasteiger partial charge in [0.1, 0.15) is 4.90 Å². The maximum Gasteiger partial charge on any atom is 0.316 e. The van der Waals surface area contributed by atoms with Gasteiger partial charge in [-0.15, -0.1) is 0 Å². The van der Waals surface area contributed by atoms with Crippen LogP contribution in [0.4, 0.5) is 5.69 Å². The van der Waals surface area contributed by atoms with Crippen LogP contribution in [0.3, 0.4) is 0 Å². The highest BCUT2D eigenvalue weighted by Gasteiger charge is 2.31. The molecule has 0 atom stereocenters. The zero-order valence-electron chi connectivity index (χ0n) is 12.6. The molecule has 124 valence electrons. The van der Waals surface area contributed by atoms with Crippen molar-refractivity contribution in [3.8, 4) is 5.75 Å². The first-order chi connectivity index (χ1) is 9.90. The standard InChI is InChI=1S/C12H18BrN3O5S/c1-7-8(13)5-9(11(21-4)10(7)16(17)18)22(19,20)15-6-12(2,3)14/h5,15H,6,14H2,1-4H3. The Labute approximate surface area is 137 Å². The zero-order chi connectivity index (χ0) is 17.3. The highest BCUT2D eigenvalue weighted by atomic mass is 79.9. The Balaban J connectivity index is 3.50. The molecule has 0 unspecified atom stereocenters. The highest BCUT2D eigenvalue weighted by Crippen LogP contribution is 2.40. The molecule has 22 heavy (non-hydrogen) atoms. The third kappa shape index (κ3) is 4.15. The van der Waals surface area contributed by atoms with Crippen LogP contribution in [0.2, 0.25) is 0 Å². The molecule has 0 radical (unpaired) electrons. The molecular weight excluding hydrogens is 378 g/mol. The van der Waals surface area contributed by atoms with Crippen molar-refractivity contribution in [2.24, 2.45) is 5.73 Å². The number of hydrogen-bond donors (Lipinski definition) is 2. The van der Waals surface area contributed by atoms with Crippen LogP contribution in [-0.2, 0) is 10.0 Å². The van der Waals surface area contributed by atoms with Crippen LogP contribution in [0.1, 0.15) is 19.4 Å². The Morgan fingerprint density at radius 3 is 2.45 bits per heavy atom. The van der Waals surface area contributed by atoms with Crippen LogP contribution < -0.4 is 15.2 Å². The lowest BCUT2D eigenvalue weighted by Crippen LogP contribution is -2.45. The molecule has 8 nitrogen and oxygen atoms in total. The minimum atomic E-state index is -4.02. The Kier molecular flexibility index (Phi) is 5.55. The first-order valence-electron chi connectivity index (χ1n) is 6.20. The van der Waals surface area contributed by atoms with E-state index < -0.39 is 26.2 Å². The number of nitro benzene ring substituents is 1. The Bertz CT molecular complexity index is 698. The molecule has 0 aliphatic heterocycles. The molecule has 1 rings (SSSR count). The number of nitro groups is 1. The molecule has 1 aromatic carbocycles. The summed E-state index contributed by atoms with van der Waals surface area (Å²) in [6.07, 6.45) is 0. The molecule has 0 fully saturated rings. The van der Waals surface area contributed by atoms with E-state index in [9.17, 15) is 18.5 Å². The monoisotopic (exact) mass is 395 g/mol. The second-order valence-corrected chi connectivity index (χ2v) is 8.02. The molecule has 1 aromatic rings. The van der Waals surface area contributed by atoms with E-state index in [2.05, 4.69) is 20.7 Å². The van der Waals surface area contributed by atoms with Gasteiger partial charge in [-0.05, 0) is 26.8 Å². The fraction of sp³-hybridized carbons (Fsp3) is 0.500. The van der Waals surface area contributed by atoms with E-state index in [4.69, 9.17) is 10.5 Å². The minimum Gasteiger partial charge on any atom is -0.489 e. The zero-order valence-corrected chi connectivity index (χ0v) is 15.0. The number of ether oxygens (including phenoxy) is 1. The van der Waals surface area contributed by atoms with Crippen molar-refractivity contribution < 1.29 is 18.1 Å². The number of hydrogen-bond acceptors (Lipinski definition) is 6. The largest absolute Gasteiger partial charge is 0.489 e. The summed E-state index contributed by atoms with van der Waals surface area (Å²) < 4.78 is 32.4. The highest BCUT2D eigenvalue weighted by molar-refractivity contribution is 9.10. The average molecular weight is 396 g/mol. The fourth-order valence-corrected chi connectivity index (χ4v) is 3.65.